The fourth-order valence-electron chi connectivity index (χ4n) is 2.04. The molecule has 1 aromatic carbocycles. The largest absolute Gasteiger partial charge is 0.550 e. The van der Waals surface area contributed by atoms with Crippen LogP contribution in [0, 0.1) is 0 Å². The summed E-state index contributed by atoms with van der Waals surface area (Å²) in [5, 5.41) is 10.5. The zero-order valence-electron chi connectivity index (χ0n) is 12.0. The number of aromatic nitrogens is 2. The van der Waals surface area contributed by atoms with Crippen LogP contribution in [0.25, 0.3) is 11.0 Å². The minimum atomic E-state index is -3.52. The first-order valence-electron chi connectivity index (χ1n) is 6.31. The molecule has 2 aromatic rings. The Balaban J connectivity index is 2.48. The molecule has 114 valence electrons. The highest BCUT2D eigenvalue weighted by Gasteiger charge is 2.19. The molecule has 0 saturated carbocycles. The second-order valence-electron chi connectivity index (χ2n) is 4.90. The molecule has 0 aliphatic heterocycles. The van der Waals surface area contributed by atoms with Gasteiger partial charge in [0.25, 0.3) is 0 Å². The second-order valence-corrected chi connectivity index (χ2v) is 7.05. The highest BCUT2D eigenvalue weighted by molar-refractivity contribution is 7.89. The molecule has 0 aliphatic carbocycles. The summed E-state index contributed by atoms with van der Waals surface area (Å²) in [4.78, 5) is 15.0. The number of carboxylic acids is 1. The van der Waals surface area contributed by atoms with Crippen molar-refractivity contribution in [3.8, 4) is 0 Å². The SMILES string of the molecule is CN(C)S(=O)(=O)c1ccc2c(c1)nc(CCC(=O)[O-])n2C. The van der Waals surface area contributed by atoms with Crippen molar-refractivity contribution in [3.05, 3.63) is 24.0 Å². The Labute approximate surface area is 122 Å². The van der Waals surface area contributed by atoms with E-state index in [-0.39, 0.29) is 17.7 Å². The van der Waals surface area contributed by atoms with Gasteiger partial charge in [-0.1, -0.05) is 0 Å². The van der Waals surface area contributed by atoms with Gasteiger partial charge >= 0.3 is 0 Å². The number of aliphatic carboxylic acids is 1. The lowest BCUT2D eigenvalue weighted by Gasteiger charge is -2.10. The molecule has 0 fully saturated rings. The van der Waals surface area contributed by atoms with Gasteiger partial charge in [0.15, 0.2) is 0 Å². The third-order valence-corrected chi connectivity index (χ3v) is 5.09. The topological polar surface area (TPSA) is 95.3 Å². The Hall–Kier alpha value is -1.93. The van der Waals surface area contributed by atoms with Crippen LogP contribution in [0.5, 0.6) is 0 Å². The molecular formula is C13H16N3O4S-. The molecule has 0 spiro atoms. The van der Waals surface area contributed by atoms with Gasteiger partial charge in [0.05, 0.1) is 15.9 Å². The quantitative estimate of drug-likeness (QED) is 0.742. The molecule has 21 heavy (non-hydrogen) atoms. The number of aryl methyl sites for hydroxylation is 2. The molecule has 0 radical (unpaired) electrons. The van der Waals surface area contributed by atoms with Crippen LogP contribution in [0.1, 0.15) is 12.2 Å². The van der Waals surface area contributed by atoms with Crippen LogP contribution in [-0.4, -0.2) is 42.3 Å². The number of fused-ring (bicyclic) bond motifs is 1. The molecule has 0 aliphatic rings. The molecule has 1 aromatic heterocycles. The number of sulfonamides is 1. The fourth-order valence-corrected chi connectivity index (χ4v) is 2.96. The zero-order valence-corrected chi connectivity index (χ0v) is 12.8. The minimum Gasteiger partial charge on any atom is -0.550 e. The number of carboxylic acid groups (broad SMARTS) is 1. The Kier molecular flexibility index (Phi) is 4.02. The van der Waals surface area contributed by atoms with Crippen LogP contribution in [0.2, 0.25) is 0 Å². The molecular weight excluding hydrogens is 294 g/mol. The summed E-state index contributed by atoms with van der Waals surface area (Å²) in [6.45, 7) is 0. The highest BCUT2D eigenvalue weighted by atomic mass is 32.2. The number of imidazole rings is 1. The van der Waals surface area contributed by atoms with E-state index in [1.54, 1.807) is 17.7 Å². The number of hydrogen-bond donors (Lipinski definition) is 0. The van der Waals surface area contributed by atoms with Crippen LogP contribution in [0.3, 0.4) is 0 Å². The number of carbonyl (C=O) groups is 1. The maximum absolute atomic E-state index is 12.1. The minimum absolute atomic E-state index is 0.125. The molecule has 7 nitrogen and oxygen atoms in total. The average Bonchev–Trinajstić information content (AvgIpc) is 2.72. The van der Waals surface area contributed by atoms with E-state index in [4.69, 9.17) is 0 Å². The van der Waals surface area contributed by atoms with Crippen LogP contribution in [0.4, 0.5) is 0 Å². The van der Waals surface area contributed by atoms with Gasteiger partial charge in [-0.05, 0) is 24.6 Å². The smallest absolute Gasteiger partial charge is 0.242 e. The molecule has 0 saturated heterocycles. The molecule has 0 amide bonds. The van der Waals surface area contributed by atoms with Crippen molar-refractivity contribution in [2.24, 2.45) is 7.05 Å². The van der Waals surface area contributed by atoms with Gasteiger partial charge in [-0.15, -0.1) is 0 Å². The number of rotatable bonds is 5. The highest BCUT2D eigenvalue weighted by Crippen LogP contribution is 2.21. The third kappa shape index (κ3) is 2.91. The second kappa shape index (κ2) is 5.45. The Morgan fingerprint density at radius 1 is 1.38 bits per heavy atom. The average molecular weight is 310 g/mol. The molecule has 8 heteroatoms. The first-order valence-corrected chi connectivity index (χ1v) is 7.75. The van der Waals surface area contributed by atoms with Crippen molar-refractivity contribution in [1.29, 1.82) is 0 Å². The van der Waals surface area contributed by atoms with Crippen LogP contribution in [0.15, 0.2) is 23.1 Å². The monoisotopic (exact) mass is 310 g/mol. The van der Waals surface area contributed by atoms with Crippen molar-refractivity contribution < 1.29 is 18.3 Å². The van der Waals surface area contributed by atoms with Gasteiger partial charge in [0, 0.05) is 33.5 Å². The lowest BCUT2D eigenvalue weighted by molar-refractivity contribution is -0.305. The lowest BCUT2D eigenvalue weighted by Crippen LogP contribution is -2.22. The summed E-state index contributed by atoms with van der Waals surface area (Å²) < 4.78 is 27.1. The summed E-state index contributed by atoms with van der Waals surface area (Å²) in [6.07, 6.45) is 0.114. The van der Waals surface area contributed by atoms with Gasteiger partial charge < -0.3 is 14.5 Å². The van der Waals surface area contributed by atoms with E-state index in [0.29, 0.717) is 11.3 Å². The Bertz CT molecular complexity index is 793. The molecule has 1 heterocycles. The van der Waals surface area contributed by atoms with E-state index >= 15 is 0 Å². The molecule has 0 unspecified atom stereocenters. The summed E-state index contributed by atoms with van der Waals surface area (Å²) in [5.41, 5.74) is 1.27. The summed E-state index contributed by atoms with van der Waals surface area (Å²) in [7, 11) is 1.17. The lowest BCUT2D eigenvalue weighted by atomic mass is 10.3. The predicted octanol–water partition coefficient (Wildman–Crippen LogP) is -0.494. The number of carbonyl (C=O) groups excluding carboxylic acids is 1. The van der Waals surface area contributed by atoms with Crippen molar-refractivity contribution in [3.63, 3.8) is 0 Å². The van der Waals surface area contributed by atoms with E-state index < -0.39 is 16.0 Å². The summed E-state index contributed by atoms with van der Waals surface area (Å²) in [5.74, 6) is -0.563. The standard InChI is InChI=1S/C13H17N3O4S/c1-15(2)21(19,20)9-4-5-11-10(8-9)14-12(16(11)3)6-7-13(17)18/h4-5,8H,6-7H2,1-3H3,(H,17,18)/p-1. The van der Waals surface area contributed by atoms with Crippen molar-refractivity contribution in [1.82, 2.24) is 13.9 Å². The van der Waals surface area contributed by atoms with Crippen LogP contribution >= 0.6 is 0 Å². The van der Waals surface area contributed by atoms with Crippen molar-refractivity contribution in [2.75, 3.05) is 14.1 Å². The maximum Gasteiger partial charge on any atom is 0.242 e. The van der Waals surface area contributed by atoms with Crippen molar-refractivity contribution in [2.45, 2.75) is 17.7 Å². The van der Waals surface area contributed by atoms with Gasteiger partial charge in [0.2, 0.25) is 10.0 Å². The van der Waals surface area contributed by atoms with E-state index in [1.165, 1.54) is 26.2 Å². The van der Waals surface area contributed by atoms with E-state index in [2.05, 4.69) is 4.98 Å². The van der Waals surface area contributed by atoms with E-state index in [1.807, 2.05) is 0 Å². The van der Waals surface area contributed by atoms with E-state index in [0.717, 1.165) is 9.82 Å². The van der Waals surface area contributed by atoms with Crippen LogP contribution in [-0.2, 0) is 28.3 Å². The van der Waals surface area contributed by atoms with Gasteiger partial charge in [-0.3, -0.25) is 0 Å². The number of nitrogens with zero attached hydrogens (tertiary/aromatic N) is 3. The predicted molar refractivity (Wildman–Crippen MR) is 74.9 cm³/mol. The third-order valence-electron chi connectivity index (χ3n) is 3.28. The van der Waals surface area contributed by atoms with Crippen molar-refractivity contribution >= 4 is 27.0 Å². The Morgan fingerprint density at radius 2 is 2.05 bits per heavy atom. The van der Waals surface area contributed by atoms with Gasteiger partial charge in [0.1, 0.15) is 5.82 Å². The summed E-state index contributed by atoms with van der Waals surface area (Å²) >= 11 is 0. The van der Waals surface area contributed by atoms with Gasteiger partial charge in [-0.25, -0.2) is 17.7 Å². The first kappa shape index (κ1) is 15.5. The number of hydrogen-bond acceptors (Lipinski definition) is 5. The first-order chi connectivity index (χ1) is 9.73. The van der Waals surface area contributed by atoms with E-state index in [9.17, 15) is 18.3 Å². The Morgan fingerprint density at radius 3 is 2.62 bits per heavy atom. The fraction of sp³-hybridized carbons (Fsp3) is 0.385. The normalized spacial score (nSPS) is 12.2. The molecule has 0 bridgehead atoms. The summed E-state index contributed by atoms with van der Waals surface area (Å²) in [6, 6.07) is 4.68. The molecule has 0 N–H and O–H groups in total. The maximum atomic E-state index is 12.1. The zero-order chi connectivity index (χ0) is 15.8. The molecule has 2 rings (SSSR count). The molecule has 0 atom stereocenters. The van der Waals surface area contributed by atoms with Gasteiger partial charge in [-0.2, -0.15) is 0 Å². The number of benzene rings is 1. The van der Waals surface area contributed by atoms with Crippen LogP contribution < -0.4 is 5.11 Å².